The van der Waals surface area contributed by atoms with Crippen LogP contribution in [0.2, 0.25) is 5.02 Å². The topological polar surface area (TPSA) is 41.1 Å². The molecule has 0 saturated carbocycles. The third-order valence-electron chi connectivity index (χ3n) is 2.98. The third-order valence-corrected chi connectivity index (χ3v) is 3.75. The van der Waals surface area contributed by atoms with Crippen molar-refractivity contribution in [3.8, 4) is 0 Å². The molecule has 0 aliphatic rings. The van der Waals surface area contributed by atoms with Crippen LogP contribution in [0.4, 0.5) is 11.4 Å². The standard InChI is InChI=1S/C16H16BrClN2O/c1-11-10-13(18)4-7-15(11)19-9-8-16(21)20-14-5-2-12(17)3-6-14/h2-7,10,19H,8-9H2,1H3,(H,20,21). The van der Waals surface area contributed by atoms with Crippen molar-refractivity contribution < 1.29 is 4.79 Å². The first-order chi connectivity index (χ1) is 10.0. The van der Waals surface area contributed by atoms with Crippen molar-refractivity contribution >= 4 is 44.8 Å². The first-order valence-corrected chi connectivity index (χ1v) is 7.77. The average Bonchev–Trinajstić information content (AvgIpc) is 2.44. The van der Waals surface area contributed by atoms with Gasteiger partial charge in [-0.3, -0.25) is 4.79 Å². The lowest BCUT2D eigenvalue weighted by molar-refractivity contribution is -0.115. The molecule has 2 rings (SSSR count). The maximum atomic E-state index is 11.8. The van der Waals surface area contributed by atoms with Crippen LogP contribution in [0.5, 0.6) is 0 Å². The van der Waals surface area contributed by atoms with Gasteiger partial charge in [0.15, 0.2) is 0 Å². The molecule has 5 heteroatoms. The monoisotopic (exact) mass is 366 g/mol. The van der Waals surface area contributed by atoms with E-state index < -0.39 is 0 Å². The van der Waals surface area contributed by atoms with Crippen molar-refractivity contribution in [3.63, 3.8) is 0 Å². The first-order valence-electron chi connectivity index (χ1n) is 6.60. The number of benzene rings is 2. The zero-order valence-corrected chi connectivity index (χ0v) is 14.0. The van der Waals surface area contributed by atoms with Gasteiger partial charge in [-0.15, -0.1) is 0 Å². The van der Waals surface area contributed by atoms with E-state index in [1.807, 2.05) is 49.4 Å². The van der Waals surface area contributed by atoms with Gasteiger partial charge >= 0.3 is 0 Å². The molecule has 0 fully saturated rings. The summed E-state index contributed by atoms with van der Waals surface area (Å²) >= 11 is 9.27. The highest BCUT2D eigenvalue weighted by Crippen LogP contribution is 2.19. The van der Waals surface area contributed by atoms with Crippen LogP contribution in [0.15, 0.2) is 46.9 Å². The quantitative estimate of drug-likeness (QED) is 0.793. The summed E-state index contributed by atoms with van der Waals surface area (Å²) in [6.45, 7) is 2.56. The van der Waals surface area contributed by atoms with Gasteiger partial charge in [-0.2, -0.15) is 0 Å². The molecule has 0 aliphatic heterocycles. The molecule has 21 heavy (non-hydrogen) atoms. The SMILES string of the molecule is Cc1cc(Cl)ccc1NCCC(=O)Nc1ccc(Br)cc1. The Morgan fingerprint density at radius 1 is 1.19 bits per heavy atom. The van der Waals surface area contributed by atoms with E-state index in [1.165, 1.54) is 0 Å². The van der Waals surface area contributed by atoms with E-state index in [1.54, 1.807) is 0 Å². The Morgan fingerprint density at radius 3 is 2.57 bits per heavy atom. The first kappa shape index (κ1) is 15.9. The van der Waals surface area contributed by atoms with Gasteiger partial charge in [0.2, 0.25) is 5.91 Å². The van der Waals surface area contributed by atoms with Crippen LogP contribution < -0.4 is 10.6 Å². The van der Waals surface area contributed by atoms with Gasteiger partial charge in [-0.1, -0.05) is 27.5 Å². The van der Waals surface area contributed by atoms with Crippen LogP contribution in [-0.2, 0) is 4.79 Å². The van der Waals surface area contributed by atoms with E-state index in [2.05, 4.69) is 26.6 Å². The molecule has 0 radical (unpaired) electrons. The van der Waals surface area contributed by atoms with Crippen LogP contribution in [0.25, 0.3) is 0 Å². The van der Waals surface area contributed by atoms with Gasteiger partial charge in [-0.25, -0.2) is 0 Å². The number of hydrogen-bond acceptors (Lipinski definition) is 2. The molecule has 0 heterocycles. The van der Waals surface area contributed by atoms with Gasteiger partial charge < -0.3 is 10.6 Å². The minimum atomic E-state index is -0.0172. The van der Waals surface area contributed by atoms with E-state index in [-0.39, 0.29) is 5.91 Å². The Balaban J connectivity index is 1.80. The second-order valence-electron chi connectivity index (χ2n) is 4.69. The number of carbonyl (C=O) groups excluding carboxylic acids is 1. The molecule has 110 valence electrons. The molecule has 2 aromatic carbocycles. The van der Waals surface area contributed by atoms with Crippen LogP contribution in [0.3, 0.4) is 0 Å². The normalized spacial score (nSPS) is 10.2. The number of amides is 1. The lowest BCUT2D eigenvalue weighted by Gasteiger charge is -2.10. The van der Waals surface area contributed by atoms with E-state index in [4.69, 9.17) is 11.6 Å². The van der Waals surface area contributed by atoms with E-state index in [0.29, 0.717) is 18.0 Å². The molecule has 3 nitrogen and oxygen atoms in total. The fourth-order valence-corrected chi connectivity index (χ4v) is 2.38. The minimum absolute atomic E-state index is 0.0172. The summed E-state index contributed by atoms with van der Waals surface area (Å²) in [4.78, 5) is 11.8. The summed E-state index contributed by atoms with van der Waals surface area (Å²) in [6, 6.07) is 13.2. The molecule has 0 aromatic heterocycles. The Morgan fingerprint density at radius 2 is 1.90 bits per heavy atom. The van der Waals surface area contributed by atoms with Gasteiger partial charge in [0.05, 0.1) is 0 Å². The molecule has 0 aliphatic carbocycles. The molecule has 1 amide bonds. The zero-order valence-electron chi connectivity index (χ0n) is 11.6. The highest BCUT2D eigenvalue weighted by molar-refractivity contribution is 9.10. The highest BCUT2D eigenvalue weighted by Gasteiger charge is 2.03. The van der Waals surface area contributed by atoms with Crippen LogP contribution in [0, 0.1) is 6.92 Å². The molecule has 0 saturated heterocycles. The summed E-state index contributed by atoms with van der Waals surface area (Å²) in [5.74, 6) is -0.0172. The maximum absolute atomic E-state index is 11.8. The summed E-state index contributed by atoms with van der Waals surface area (Å²) in [6.07, 6.45) is 0.401. The number of halogens is 2. The Bertz CT molecular complexity index is 629. The van der Waals surface area contributed by atoms with E-state index in [9.17, 15) is 4.79 Å². The molecule has 0 atom stereocenters. The average molecular weight is 368 g/mol. The number of hydrogen-bond donors (Lipinski definition) is 2. The van der Waals surface area contributed by atoms with Crippen molar-refractivity contribution in [2.45, 2.75) is 13.3 Å². The van der Waals surface area contributed by atoms with Crippen LogP contribution >= 0.6 is 27.5 Å². The highest BCUT2D eigenvalue weighted by atomic mass is 79.9. The summed E-state index contributed by atoms with van der Waals surface area (Å²) < 4.78 is 0.986. The lowest BCUT2D eigenvalue weighted by Crippen LogP contribution is -2.16. The predicted octanol–water partition coefficient (Wildman–Crippen LogP) is 4.85. The summed E-state index contributed by atoms with van der Waals surface area (Å²) in [7, 11) is 0. The summed E-state index contributed by atoms with van der Waals surface area (Å²) in [5.41, 5.74) is 2.86. The molecule has 2 N–H and O–H groups in total. The molecule has 0 spiro atoms. The summed E-state index contributed by atoms with van der Waals surface area (Å²) in [5, 5.41) is 6.81. The van der Waals surface area contributed by atoms with Crippen molar-refractivity contribution in [3.05, 3.63) is 57.5 Å². The van der Waals surface area contributed by atoms with Gasteiger partial charge in [0.25, 0.3) is 0 Å². The number of aryl methyl sites for hydroxylation is 1. The van der Waals surface area contributed by atoms with Crippen LogP contribution in [0.1, 0.15) is 12.0 Å². The molecular formula is C16H16BrClN2O. The Labute approximate surface area is 137 Å². The van der Waals surface area contributed by atoms with Gasteiger partial charge in [0.1, 0.15) is 0 Å². The fourth-order valence-electron chi connectivity index (χ4n) is 1.89. The largest absolute Gasteiger partial charge is 0.384 e. The second kappa shape index (κ2) is 7.48. The smallest absolute Gasteiger partial charge is 0.226 e. The lowest BCUT2D eigenvalue weighted by atomic mass is 10.2. The predicted molar refractivity (Wildman–Crippen MR) is 92.1 cm³/mol. The second-order valence-corrected chi connectivity index (χ2v) is 6.04. The molecular weight excluding hydrogens is 352 g/mol. The van der Waals surface area contributed by atoms with Crippen molar-refractivity contribution in [2.75, 3.05) is 17.2 Å². The number of nitrogens with one attached hydrogen (secondary N) is 2. The Hall–Kier alpha value is -1.52. The minimum Gasteiger partial charge on any atom is -0.384 e. The van der Waals surface area contributed by atoms with Crippen molar-refractivity contribution in [2.24, 2.45) is 0 Å². The van der Waals surface area contributed by atoms with Crippen molar-refractivity contribution in [1.29, 1.82) is 0 Å². The number of anilines is 2. The van der Waals surface area contributed by atoms with Crippen LogP contribution in [-0.4, -0.2) is 12.5 Å². The maximum Gasteiger partial charge on any atom is 0.226 e. The fraction of sp³-hybridized carbons (Fsp3) is 0.188. The van der Waals surface area contributed by atoms with Gasteiger partial charge in [-0.05, 0) is 55.0 Å². The number of carbonyl (C=O) groups is 1. The third kappa shape index (κ3) is 5.06. The van der Waals surface area contributed by atoms with Gasteiger partial charge in [0, 0.05) is 33.8 Å². The number of rotatable bonds is 5. The van der Waals surface area contributed by atoms with E-state index in [0.717, 1.165) is 21.4 Å². The zero-order chi connectivity index (χ0) is 15.2. The van der Waals surface area contributed by atoms with E-state index >= 15 is 0 Å². The molecule has 0 unspecified atom stereocenters. The molecule has 0 bridgehead atoms. The molecule has 2 aromatic rings. The Kier molecular flexibility index (Phi) is 5.65. The van der Waals surface area contributed by atoms with Crippen molar-refractivity contribution in [1.82, 2.24) is 0 Å².